The Hall–Kier alpha value is -5.87. The van der Waals surface area contributed by atoms with Crippen LogP contribution in [0.5, 0.6) is 11.5 Å². The van der Waals surface area contributed by atoms with E-state index < -0.39 is 175 Å². The molecule has 3 aliphatic heterocycles. The van der Waals surface area contributed by atoms with Crippen molar-refractivity contribution >= 4 is 41.3 Å². The maximum atomic E-state index is 17.0. The summed E-state index contributed by atoms with van der Waals surface area (Å²) in [4.78, 5) is 72.1. The number of carbonyl (C=O) groups excluding carboxylic acids is 5. The van der Waals surface area contributed by atoms with Gasteiger partial charge in [0.05, 0.1) is 13.2 Å². The van der Waals surface area contributed by atoms with Crippen molar-refractivity contribution < 1.29 is 135 Å². The van der Waals surface area contributed by atoms with Crippen molar-refractivity contribution in [2.45, 2.75) is 140 Å². The Kier molecular flexibility index (Phi) is 19.5. The number of hydrogen-bond acceptors (Lipinski definition) is 27. The molecule has 6 rings (SSSR count). The molecule has 0 bridgehead atoms. The van der Waals surface area contributed by atoms with Crippen LogP contribution in [0, 0.1) is 0 Å². The SMILES string of the molecule is CC(=O)C(O)[C@H]1OC([C@@](O)([C@@](O)(C(=O)C2(COC(=O)C=Cc3ccc(O)cc3)O[C@H](CO)[C@@H](O)[C@]2(O)Cc2ccccc2)C2O[C@H](CO)[C@@H](O)[C@H](O)[C@H]2O)[C@@](O)(C(=O)C=Cc2ccc(O)cc2)[C@H](O)C(O)C(C)=O)[C@H](O)[C@@H](O)[C@@H]1O. The molecule has 438 valence electrons. The number of ether oxygens (including phenoxy) is 4. The van der Waals surface area contributed by atoms with Crippen LogP contribution in [0.25, 0.3) is 12.2 Å². The zero-order valence-electron chi connectivity index (χ0n) is 42.5. The fourth-order valence-electron chi connectivity index (χ4n) is 10.3. The molecule has 0 amide bonds. The predicted octanol–water partition coefficient (Wildman–Crippen LogP) is -6.88. The topological polar surface area (TPSA) is 486 Å². The third kappa shape index (κ3) is 11.1. The van der Waals surface area contributed by atoms with Crippen LogP contribution in [-0.2, 0) is 49.3 Å². The van der Waals surface area contributed by atoms with Gasteiger partial charge in [0, 0.05) is 12.5 Å². The van der Waals surface area contributed by atoms with Gasteiger partial charge in [0.1, 0.15) is 115 Å². The van der Waals surface area contributed by atoms with E-state index in [9.17, 15) is 106 Å². The van der Waals surface area contributed by atoms with Gasteiger partial charge in [0.15, 0.2) is 39.8 Å². The fourth-order valence-corrected chi connectivity index (χ4v) is 10.3. The summed E-state index contributed by atoms with van der Waals surface area (Å²) in [6, 6.07) is 16.1. The molecule has 3 fully saturated rings. The van der Waals surface area contributed by atoms with Gasteiger partial charge in [-0.15, -0.1) is 0 Å². The Balaban J connectivity index is 1.82. The van der Waals surface area contributed by atoms with Crippen LogP contribution in [-0.4, -0.2) is 260 Å². The zero-order chi connectivity index (χ0) is 59.6. The highest BCUT2D eigenvalue weighted by atomic mass is 16.6. The molecule has 0 spiro atoms. The molecule has 3 aliphatic rings. The number of hydrogen-bond donors (Lipinski definition) is 18. The number of ketones is 4. The van der Waals surface area contributed by atoms with Gasteiger partial charge in [-0.1, -0.05) is 60.7 Å². The van der Waals surface area contributed by atoms with Gasteiger partial charge >= 0.3 is 5.97 Å². The van der Waals surface area contributed by atoms with Gasteiger partial charge in [-0.2, -0.15) is 0 Å². The minimum absolute atomic E-state index is 0.0890. The van der Waals surface area contributed by atoms with Gasteiger partial charge in [0.25, 0.3) is 0 Å². The monoisotopic (exact) mass is 1130 g/mol. The van der Waals surface area contributed by atoms with E-state index in [0.29, 0.717) is 19.9 Å². The second kappa shape index (κ2) is 24.7. The standard InChI is InChI=1S/C53H64O27/c1-24(56)35(62)43-40(67)39(66)42(69)47(79-43)53(76,51(74,45(71)36(63)25(2)57)33(60)18-12-26-8-14-29(58)15-9-26)52(75,46-41(68)38(65)37(64)31(21-54)78-46)48(72)50(23-77-34(61)19-13-27-10-16-30(59)17-11-27)49(73,44(70)32(22-55)80-50)20-28-6-4-3-5-7-28/h3-19,31-32,35-47,54-55,58-59,62-71,73-76H,20-23H2,1-2H3/t31-,32-,35?,36?,37-,38+,39+,40+,41-,42-,43-,44-,45-,46?,47?,49-,50?,51-,52+,53+/m1/s1. The maximum absolute atomic E-state index is 17.0. The number of rotatable bonds is 22. The van der Waals surface area contributed by atoms with Crippen LogP contribution >= 0.6 is 0 Å². The van der Waals surface area contributed by atoms with Crippen LogP contribution < -0.4 is 0 Å². The molecule has 3 saturated heterocycles. The van der Waals surface area contributed by atoms with E-state index in [1.165, 1.54) is 54.6 Å². The van der Waals surface area contributed by atoms with E-state index >= 15 is 9.59 Å². The van der Waals surface area contributed by atoms with Crippen LogP contribution in [0.3, 0.4) is 0 Å². The predicted molar refractivity (Wildman–Crippen MR) is 266 cm³/mol. The van der Waals surface area contributed by atoms with E-state index in [1.807, 2.05) is 0 Å². The number of aliphatic hydroxyl groups excluding tert-OH is 12. The first-order chi connectivity index (χ1) is 37.4. The summed E-state index contributed by atoms with van der Waals surface area (Å²) < 4.78 is 22.9. The molecule has 5 unspecified atom stereocenters. The molecular formula is C53H64O27. The van der Waals surface area contributed by atoms with Gasteiger partial charge in [-0.3, -0.25) is 19.2 Å². The molecule has 3 aromatic rings. The van der Waals surface area contributed by atoms with Gasteiger partial charge in [0.2, 0.25) is 5.78 Å². The average molecular weight is 1130 g/mol. The number of Topliss-reactive ketones (excluding diaryl/α,β-unsaturated/α-hetero) is 3. The molecule has 18 N–H and O–H groups in total. The Morgan fingerprint density at radius 3 is 1.68 bits per heavy atom. The minimum Gasteiger partial charge on any atom is -0.508 e. The average Bonchev–Trinajstić information content (AvgIpc) is 2.23. The van der Waals surface area contributed by atoms with Crippen molar-refractivity contribution in [3.8, 4) is 11.5 Å². The zero-order valence-corrected chi connectivity index (χ0v) is 42.5. The fraction of sp³-hybridized carbons (Fsp3) is 0.491. The van der Waals surface area contributed by atoms with Crippen molar-refractivity contribution in [3.05, 3.63) is 108 Å². The van der Waals surface area contributed by atoms with E-state index in [0.717, 1.165) is 36.4 Å². The molecule has 3 aromatic carbocycles. The second-order valence-electron chi connectivity index (χ2n) is 19.9. The normalized spacial score (nSPS) is 33.4. The summed E-state index contributed by atoms with van der Waals surface area (Å²) in [5.41, 5.74) is -23.1. The minimum atomic E-state index is -5.29. The number of carbonyl (C=O) groups is 5. The van der Waals surface area contributed by atoms with Crippen molar-refractivity contribution in [1.29, 1.82) is 0 Å². The van der Waals surface area contributed by atoms with E-state index in [4.69, 9.17) is 18.9 Å². The highest BCUT2D eigenvalue weighted by Crippen LogP contribution is 2.54. The summed E-state index contributed by atoms with van der Waals surface area (Å²) in [6.45, 7) is -3.68. The smallest absolute Gasteiger partial charge is 0.330 e. The van der Waals surface area contributed by atoms with Gasteiger partial charge in [-0.25, -0.2) is 4.79 Å². The van der Waals surface area contributed by atoms with Crippen LogP contribution in [0.1, 0.15) is 30.5 Å². The molecule has 20 atom stereocenters. The number of esters is 1. The molecular weight excluding hydrogens is 1070 g/mol. The second-order valence-corrected chi connectivity index (χ2v) is 19.9. The van der Waals surface area contributed by atoms with Crippen LogP contribution in [0.4, 0.5) is 0 Å². The Morgan fingerprint density at radius 2 is 1.16 bits per heavy atom. The molecule has 0 aliphatic carbocycles. The molecule has 80 heavy (non-hydrogen) atoms. The quantitative estimate of drug-likeness (QED) is 0.0328. The Labute approximate surface area is 453 Å². The first-order valence-corrected chi connectivity index (χ1v) is 24.6. The number of aromatic hydroxyl groups is 2. The first kappa shape index (κ1) is 63.3. The van der Waals surface area contributed by atoms with Crippen molar-refractivity contribution in [1.82, 2.24) is 0 Å². The molecule has 27 nitrogen and oxygen atoms in total. The molecule has 27 heteroatoms. The van der Waals surface area contributed by atoms with Crippen molar-refractivity contribution in [2.24, 2.45) is 0 Å². The molecule has 0 aromatic heterocycles. The highest BCUT2D eigenvalue weighted by Gasteiger charge is 2.84. The van der Waals surface area contributed by atoms with Gasteiger partial charge < -0.3 is 111 Å². The number of phenolic OH excluding ortho intramolecular Hbond substituents is 2. The molecule has 3 heterocycles. The van der Waals surface area contributed by atoms with E-state index in [2.05, 4.69) is 0 Å². The largest absolute Gasteiger partial charge is 0.508 e. The third-order valence-corrected chi connectivity index (χ3v) is 14.9. The number of phenols is 2. The summed E-state index contributed by atoms with van der Waals surface area (Å²) in [6.07, 6.45) is -43.3. The summed E-state index contributed by atoms with van der Waals surface area (Å²) in [5, 5.41) is 213. The summed E-state index contributed by atoms with van der Waals surface area (Å²) >= 11 is 0. The summed E-state index contributed by atoms with van der Waals surface area (Å²) in [7, 11) is 0. The van der Waals surface area contributed by atoms with Crippen LogP contribution in [0.15, 0.2) is 91.0 Å². The lowest BCUT2D eigenvalue weighted by Gasteiger charge is -2.62. The lowest BCUT2D eigenvalue weighted by atomic mass is 9.54. The molecule has 0 radical (unpaired) electrons. The van der Waals surface area contributed by atoms with E-state index in [1.54, 1.807) is 0 Å². The third-order valence-electron chi connectivity index (χ3n) is 14.9. The Morgan fingerprint density at radius 1 is 0.650 bits per heavy atom. The summed E-state index contributed by atoms with van der Waals surface area (Å²) in [5.74, 6) is -10.1. The first-order valence-electron chi connectivity index (χ1n) is 24.6. The lowest BCUT2D eigenvalue weighted by molar-refractivity contribution is -0.372. The van der Waals surface area contributed by atoms with Crippen molar-refractivity contribution in [2.75, 3.05) is 19.8 Å². The number of aliphatic hydroxyl groups is 16. The van der Waals surface area contributed by atoms with E-state index in [-0.39, 0.29) is 34.3 Å². The van der Waals surface area contributed by atoms with Crippen molar-refractivity contribution in [3.63, 3.8) is 0 Å². The lowest BCUT2D eigenvalue weighted by Crippen LogP contribution is -2.90. The maximum Gasteiger partial charge on any atom is 0.330 e. The Bertz CT molecular complexity index is 2740. The number of benzene rings is 3. The van der Waals surface area contributed by atoms with Gasteiger partial charge in [-0.05, 0) is 67.0 Å². The molecule has 0 saturated carbocycles. The van der Waals surface area contributed by atoms with Crippen LogP contribution in [0.2, 0.25) is 0 Å². The highest BCUT2D eigenvalue weighted by molar-refractivity contribution is 6.06.